The van der Waals surface area contributed by atoms with Gasteiger partial charge < -0.3 is 10.4 Å². The van der Waals surface area contributed by atoms with Crippen LogP contribution < -0.4 is 5.32 Å². The zero-order chi connectivity index (χ0) is 17.4. The van der Waals surface area contributed by atoms with Crippen molar-refractivity contribution >= 4 is 16.7 Å². The number of fused-ring (bicyclic) bond motifs is 1. The number of nitrogens with one attached hydrogen (secondary N) is 1. The van der Waals surface area contributed by atoms with Crippen LogP contribution in [0.3, 0.4) is 0 Å². The second kappa shape index (κ2) is 6.33. The molecule has 5 heteroatoms. The molecule has 1 fully saturated rings. The Morgan fingerprint density at radius 3 is 2.68 bits per heavy atom. The van der Waals surface area contributed by atoms with Crippen molar-refractivity contribution in [2.75, 3.05) is 0 Å². The predicted molar refractivity (Wildman–Crippen MR) is 96.1 cm³/mol. The van der Waals surface area contributed by atoms with Crippen LogP contribution in [0.2, 0.25) is 0 Å². The van der Waals surface area contributed by atoms with Crippen LogP contribution in [-0.2, 0) is 7.05 Å². The van der Waals surface area contributed by atoms with Crippen molar-refractivity contribution in [3.8, 4) is 0 Å². The summed E-state index contributed by atoms with van der Waals surface area (Å²) in [5, 5.41) is 19.2. The van der Waals surface area contributed by atoms with Crippen molar-refractivity contribution < 1.29 is 9.90 Å². The molecule has 128 valence electrons. The zero-order valence-electron chi connectivity index (χ0n) is 14.1. The summed E-state index contributed by atoms with van der Waals surface area (Å²) in [7, 11) is 1.86. The number of carbonyl (C=O) groups excluding carboxylic acids is 1. The summed E-state index contributed by atoms with van der Waals surface area (Å²) in [6.07, 6.45) is 4.86. The van der Waals surface area contributed by atoms with E-state index < -0.39 is 0 Å². The number of amides is 1. The molecule has 1 saturated carbocycles. The van der Waals surface area contributed by atoms with E-state index in [1.807, 2.05) is 55.7 Å². The van der Waals surface area contributed by atoms with E-state index in [4.69, 9.17) is 0 Å². The minimum absolute atomic E-state index is 0.0963. The average Bonchev–Trinajstić information content (AvgIpc) is 3.03. The number of aliphatic hydroxyl groups is 1. The highest BCUT2D eigenvalue weighted by Crippen LogP contribution is 2.38. The Balaban J connectivity index is 1.58. The number of nitrogens with zero attached hydrogens (tertiary/aromatic N) is 2. The van der Waals surface area contributed by atoms with Crippen molar-refractivity contribution in [1.29, 1.82) is 0 Å². The molecular weight excluding hydrogens is 314 g/mol. The third-order valence-electron chi connectivity index (χ3n) is 5.00. The molecule has 0 saturated heterocycles. The number of hydrogen-bond acceptors (Lipinski definition) is 3. The Bertz CT molecular complexity index is 912. The number of aryl methyl sites for hydroxylation is 1. The largest absolute Gasteiger partial charge is 0.393 e. The van der Waals surface area contributed by atoms with Gasteiger partial charge in [0.15, 0.2) is 0 Å². The van der Waals surface area contributed by atoms with Crippen molar-refractivity contribution in [3.05, 3.63) is 66.0 Å². The van der Waals surface area contributed by atoms with Gasteiger partial charge in [0.25, 0.3) is 5.91 Å². The highest BCUT2D eigenvalue weighted by molar-refractivity contribution is 5.98. The first-order chi connectivity index (χ1) is 12.1. The maximum absolute atomic E-state index is 12.8. The Kier molecular flexibility index (Phi) is 4.01. The molecule has 1 heterocycles. The van der Waals surface area contributed by atoms with Gasteiger partial charge in [-0.1, -0.05) is 30.3 Å². The summed E-state index contributed by atoms with van der Waals surface area (Å²) in [5.74, 6) is 0.143. The predicted octanol–water partition coefficient (Wildman–Crippen LogP) is 2.82. The molecule has 4 rings (SSSR count). The second-order valence-corrected chi connectivity index (χ2v) is 6.85. The van der Waals surface area contributed by atoms with E-state index in [1.165, 1.54) is 0 Å². The summed E-state index contributed by atoms with van der Waals surface area (Å²) in [6.45, 7) is 0. The van der Waals surface area contributed by atoms with E-state index in [0.717, 1.165) is 16.3 Å². The number of rotatable bonds is 4. The SMILES string of the molecule is Cn1cc([C@@H](NC(=O)c2ccc3ccccc3c2)C2CC(O)C2)cn1. The van der Waals surface area contributed by atoms with Gasteiger partial charge in [0.1, 0.15) is 0 Å². The summed E-state index contributed by atoms with van der Waals surface area (Å²) in [4.78, 5) is 12.8. The molecule has 0 bridgehead atoms. The van der Waals surface area contributed by atoms with E-state index in [9.17, 15) is 9.90 Å². The van der Waals surface area contributed by atoms with Crippen LogP contribution in [-0.4, -0.2) is 26.9 Å². The molecule has 1 atom stereocenters. The van der Waals surface area contributed by atoms with Crippen LogP contribution in [0.4, 0.5) is 0 Å². The van der Waals surface area contributed by atoms with Gasteiger partial charge in [0.05, 0.1) is 18.3 Å². The van der Waals surface area contributed by atoms with Crippen LogP contribution in [0.5, 0.6) is 0 Å². The minimum Gasteiger partial charge on any atom is -0.393 e. The molecule has 1 amide bonds. The van der Waals surface area contributed by atoms with E-state index >= 15 is 0 Å². The van der Waals surface area contributed by atoms with Gasteiger partial charge in [-0.15, -0.1) is 0 Å². The third-order valence-corrected chi connectivity index (χ3v) is 5.00. The van der Waals surface area contributed by atoms with E-state index in [-0.39, 0.29) is 24.0 Å². The van der Waals surface area contributed by atoms with Crippen LogP contribution in [0.25, 0.3) is 10.8 Å². The number of hydrogen-bond donors (Lipinski definition) is 2. The quantitative estimate of drug-likeness (QED) is 0.770. The second-order valence-electron chi connectivity index (χ2n) is 6.85. The summed E-state index contributed by atoms with van der Waals surface area (Å²) in [6, 6.07) is 13.6. The molecule has 0 radical (unpaired) electrons. The number of carbonyl (C=O) groups is 1. The van der Waals surface area contributed by atoms with Gasteiger partial charge >= 0.3 is 0 Å². The number of aromatic nitrogens is 2. The van der Waals surface area contributed by atoms with Crippen LogP contribution in [0.15, 0.2) is 54.9 Å². The molecule has 0 aliphatic heterocycles. The van der Waals surface area contributed by atoms with Crippen LogP contribution in [0, 0.1) is 5.92 Å². The summed E-state index contributed by atoms with van der Waals surface area (Å²) >= 11 is 0. The maximum Gasteiger partial charge on any atom is 0.251 e. The molecule has 0 spiro atoms. The Morgan fingerprint density at radius 2 is 2.00 bits per heavy atom. The van der Waals surface area contributed by atoms with Crippen LogP contribution >= 0.6 is 0 Å². The summed E-state index contributed by atoms with van der Waals surface area (Å²) < 4.78 is 1.74. The van der Waals surface area contributed by atoms with Crippen LogP contribution in [0.1, 0.15) is 34.8 Å². The zero-order valence-corrected chi connectivity index (χ0v) is 14.1. The molecule has 2 N–H and O–H groups in total. The van der Waals surface area contributed by atoms with Crippen molar-refractivity contribution in [2.45, 2.75) is 25.0 Å². The Morgan fingerprint density at radius 1 is 1.24 bits per heavy atom. The highest BCUT2D eigenvalue weighted by atomic mass is 16.3. The van der Waals surface area contributed by atoms with Gasteiger partial charge in [0.2, 0.25) is 0 Å². The lowest BCUT2D eigenvalue weighted by atomic mass is 9.75. The first-order valence-corrected chi connectivity index (χ1v) is 8.56. The van der Waals surface area contributed by atoms with Crippen molar-refractivity contribution in [2.24, 2.45) is 13.0 Å². The molecule has 2 aromatic carbocycles. The lowest BCUT2D eigenvalue weighted by Gasteiger charge is -2.37. The molecule has 1 aliphatic rings. The molecule has 0 unspecified atom stereocenters. The van der Waals surface area contributed by atoms with E-state index in [1.54, 1.807) is 10.9 Å². The molecule has 1 aromatic heterocycles. The number of benzene rings is 2. The van der Waals surface area contributed by atoms with Crippen molar-refractivity contribution in [1.82, 2.24) is 15.1 Å². The summed E-state index contributed by atoms with van der Waals surface area (Å²) in [5.41, 5.74) is 1.63. The molecule has 25 heavy (non-hydrogen) atoms. The standard InChI is InChI=1S/C20H21N3O2/c1-23-12-17(11-21-23)19(16-9-18(24)10-16)22-20(25)15-7-6-13-4-2-3-5-14(13)8-15/h2-8,11-12,16,18-19,24H,9-10H2,1H3,(H,22,25)/t16?,18?,19-/m0/s1. The van der Waals surface area contributed by atoms with Gasteiger partial charge in [-0.3, -0.25) is 9.48 Å². The lowest BCUT2D eigenvalue weighted by Crippen LogP contribution is -2.41. The van der Waals surface area contributed by atoms with Crippen molar-refractivity contribution in [3.63, 3.8) is 0 Å². The first kappa shape index (κ1) is 15.8. The molecular formula is C20H21N3O2. The molecule has 3 aromatic rings. The number of aliphatic hydroxyl groups excluding tert-OH is 1. The fourth-order valence-corrected chi connectivity index (χ4v) is 3.53. The topological polar surface area (TPSA) is 67.2 Å². The van der Waals surface area contributed by atoms with E-state index in [2.05, 4.69) is 10.4 Å². The van der Waals surface area contributed by atoms with Gasteiger partial charge in [0, 0.05) is 24.4 Å². The highest BCUT2D eigenvalue weighted by Gasteiger charge is 2.36. The molecule has 5 nitrogen and oxygen atoms in total. The fraction of sp³-hybridized carbons (Fsp3) is 0.300. The monoisotopic (exact) mass is 335 g/mol. The smallest absolute Gasteiger partial charge is 0.251 e. The lowest BCUT2D eigenvalue weighted by molar-refractivity contribution is 0.0235. The minimum atomic E-state index is -0.262. The Hall–Kier alpha value is -2.66. The normalized spacial score (nSPS) is 20.9. The van der Waals surface area contributed by atoms with Gasteiger partial charge in [-0.25, -0.2) is 0 Å². The average molecular weight is 335 g/mol. The first-order valence-electron chi connectivity index (χ1n) is 8.56. The van der Waals surface area contributed by atoms with Gasteiger partial charge in [-0.05, 0) is 41.7 Å². The maximum atomic E-state index is 12.8. The fourth-order valence-electron chi connectivity index (χ4n) is 3.53. The third kappa shape index (κ3) is 3.15. The Labute approximate surface area is 146 Å². The molecule has 1 aliphatic carbocycles. The van der Waals surface area contributed by atoms with E-state index in [0.29, 0.717) is 18.4 Å². The van der Waals surface area contributed by atoms with Gasteiger partial charge in [-0.2, -0.15) is 5.10 Å².